The van der Waals surface area contributed by atoms with Crippen LogP contribution in [0.3, 0.4) is 0 Å². The van der Waals surface area contributed by atoms with Crippen LogP contribution in [0.4, 0.5) is 5.82 Å². The minimum Gasteiger partial charge on any atom is -0.369 e. The van der Waals surface area contributed by atoms with Crippen molar-refractivity contribution in [1.29, 1.82) is 0 Å². The van der Waals surface area contributed by atoms with Crippen LogP contribution in [-0.4, -0.2) is 51.1 Å². The Morgan fingerprint density at radius 1 is 1.11 bits per heavy atom. The molecule has 3 aliphatic rings. The standard InChI is InChI=1S/C29H44N6/c1-5-29(12-7-6-8-21(2)16-29)20-35-18-24-14-23(15-25(24)19-35)11-13-30-27-10-9-26(32-33-27)28-22(3)17-31-34(28)4/h6-7,9-10,17,21,23-25H,5,8,11-16,18-20H2,1-4H3,(H,30,33)/t21?,23?,24-,25+,29?. The molecule has 5 atom stereocenters. The van der Waals surface area contributed by atoms with E-state index in [0.717, 1.165) is 53.0 Å². The number of nitrogens with one attached hydrogen (secondary N) is 1. The fourth-order valence-electron chi connectivity index (χ4n) is 7.33. The first kappa shape index (κ1) is 24.5. The minimum absolute atomic E-state index is 0.500. The first-order valence-corrected chi connectivity index (χ1v) is 13.9. The van der Waals surface area contributed by atoms with Gasteiger partial charge in [-0.15, -0.1) is 10.2 Å². The van der Waals surface area contributed by atoms with Gasteiger partial charge in [-0.25, -0.2) is 0 Å². The zero-order valence-electron chi connectivity index (χ0n) is 22.2. The Balaban J connectivity index is 1.07. The molecule has 0 aromatic carbocycles. The number of fused-ring (bicyclic) bond motifs is 1. The Labute approximate surface area is 211 Å². The molecule has 2 aromatic heterocycles. The first-order valence-electron chi connectivity index (χ1n) is 13.9. The third-order valence-corrected chi connectivity index (χ3v) is 9.16. The second-order valence-corrected chi connectivity index (χ2v) is 11.9. The van der Waals surface area contributed by atoms with Gasteiger partial charge in [0.1, 0.15) is 11.5 Å². The SMILES string of the molecule is CCC1(CN2C[C@H]3CC(CCNc4ccc(-c5c(C)cnn5C)nn4)C[C@H]3C2)CC=CCC(C)C1. The smallest absolute Gasteiger partial charge is 0.148 e. The number of allylic oxidation sites excluding steroid dienone is 2. The highest BCUT2D eigenvalue weighted by Crippen LogP contribution is 2.45. The van der Waals surface area contributed by atoms with Crippen molar-refractivity contribution in [3.63, 3.8) is 0 Å². The van der Waals surface area contributed by atoms with Crippen LogP contribution in [0.2, 0.25) is 0 Å². The first-order chi connectivity index (χ1) is 16.9. The summed E-state index contributed by atoms with van der Waals surface area (Å²) < 4.78 is 1.86. The molecule has 2 fully saturated rings. The average Bonchev–Trinajstić information content (AvgIpc) is 3.45. The van der Waals surface area contributed by atoms with Gasteiger partial charge in [0.15, 0.2) is 0 Å². The molecule has 2 aromatic rings. The minimum atomic E-state index is 0.500. The van der Waals surface area contributed by atoms with Gasteiger partial charge in [0, 0.05) is 33.2 Å². The van der Waals surface area contributed by atoms with Crippen molar-refractivity contribution >= 4 is 5.82 Å². The van der Waals surface area contributed by atoms with Crippen LogP contribution in [0.25, 0.3) is 11.4 Å². The lowest BCUT2D eigenvalue weighted by Crippen LogP contribution is -2.37. The summed E-state index contributed by atoms with van der Waals surface area (Å²) in [7, 11) is 1.95. The van der Waals surface area contributed by atoms with E-state index in [1.54, 1.807) is 0 Å². The summed E-state index contributed by atoms with van der Waals surface area (Å²) >= 11 is 0. The van der Waals surface area contributed by atoms with Gasteiger partial charge in [-0.3, -0.25) is 4.68 Å². The molecule has 1 saturated heterocycles. The Morgan fingerprint density at radius 3 is 2.57 bits per heavy atom. The fourth-order valence-corrected chi connectivity index (χ4v) is 7.33. The highest BCUT2D eigenvalue weighted by molar-refractivity contribution is 5.59. The molecule has 190 valence electrons. The van der Waals surface area contributed by atoms with Crippen molar-refractivity contribution in [3.05, 3.63) is 36.0 Å². The second kappa shape index (κ2) is 10.4. The molecule has 35 heavy (non-hydrogen) atoms. The largest absolute Gasteiger partial charge is 0.369 e. The topological polar surface area (TPSA) is 58.9 Å². The Kier molecular flexibility index (Phi) is 7.29. The molecular weight excluding hydrogens is 432 g/mol. The lowest BCUT2D eigenvalue weighted by Gasteiger charge is -2.37. The number of rotatable bonds is 8. The van der Waals surface area contributed by atoms with Gasteiger partial charge in [-0.05, 0) is 98.7 Å². The zero-order valence-corrected chi connectivity index (χ0v) is 22.2. The monoisotopic (exact) mass is 476 g/mol. The van der Waals surface area contributed by atoms with Gasteiger partial charge in [0.05, 0.1) is 11.9 Å². The molecule has 6 nitrogen and oxygen atoms in total. The maximum absolute atomic E-state index is 4.44. The predicted molar refractivity (Wildman–Crippen MR) is 143 cm³/mol. The molecule has 0 amide bonds. The van der Waals surface area contributed by atoms with Gasteiger partial charge in [-0.2, -0.15) is 5.10 Å². The van der Waals surface area contributed by atoms with Crippen molar-refractivity contribution in [2.24, 2.45) is 36.1 Å². The Bertz CT molecular complexity index is 977. The molecule has 1 saturated carbocycles. The third-order valence-electron chi connectivity index (χ3n) is 9.16. The molecule has 3 unspecified atom stereocenters. The van der Waals surface area contributed by atoms with Crippen LogP contribution in [0, 0.1) is 36.0 Å². The maximum Gasteiger partial charge on any atom is 0.148 e. The van der Waals surface area contributed by atoms with E-state index in [1.807, 2.05) is 30.1 Å². The van der Waals surface area contributed by atoms with Gasteiger partial charge < -0.3 is 10.2 Å². The fraction of sp³-hybridized carbons (Fsp3) is 0.690. The molecule has 1 aliphatic heterocycles. The molecule has 1 N–H and O–H groups in total. The maximum atomic E-state index is 4.44. The van der Waals surface area contributed by atoms with E-state index in [4.69, 9.17) is 0 Å². The average molecular weight is 477 g/mol. The van der Waals surface area contributed by atoms with Crippen molar-refractivity contribution in [2.45, 2.75) is 65.7 Å². The molecule has 6 heteroatoms. The van der Waals surface area contributed by atoms with E-state index in [0.29, 0.717) is 5.41 Å². The summed E-state index contributed by atoms with van der Waals surface area (Å²) in [4.78, 5) is 2.83. The van der Waals surface area contributed by atoms with Crippen molar-refractivity contribution in [3.8, 4) is 11.4 Å². The van der Waals surface area contributed by atoms with E-state index in [9.17, 15) is 0 Å². The number of aryl methyl sites for hydroxylation is 2. The Hall–Kier alpha value is -2.21. The van der Waals surface area contributed by atoms with Crippen LogP contribution >= 0.6 is 0 Å². The number of hydrogen-bond acceptors (Lipinski definition) is 5. The molecule has 0 bridgehead atoms. The molecule has 0 spiro atoms. The van der Waals surface area contributed by atoms with Crippen LogP contribution in [-0.2, 0) is 7.05 Å². The van der Waals surface area contributed by atoms with Crippen LogP contribution < -0.4 is 5.32 Å². The van der Waals surface area contributed by atoms with Crippen molar-refractivity contribution in [1.82, 2.24) is 24.9 Å². The van der Waals surface area contributed by atoms with E-state index >= 15 is 0 Å². The quantitative estimate of drug-likeness (QED) is 0.494. The van der Waals surface area contributed by atoms with Crippen LogP contribution in [0.15, 0.2) is 30.5 Å². The molecule has 5 rings (SSSR count). The molecule has 2 aliphatic carbocycles. The lowest BCUT2D eigenvalue weighted by atomic mass is 9.75. The van der Waals surface area contributed by atoms with Gasteiger partial charge in [-0.1, -0.05) is 26.0 Å². The van der Waals surface area contributed by atoms with Crippen molar-refractivity contribution in [2.75, 3.05) is 31.5 Å². The summed E-state index contributed by atoms with van der Waals surface area (Å²) in [6.45, 7) is 11.9. The highest BCUT2D eigenvalue weighted by atomic mass is 15.3. The van der Waals surface area contributed by atoms with Gasteiger partial charge in [0.2, 0.25) is 0 Å². The summed E-state index contributed by atoms with van der Waals surface area (Å²) in [5, 5.41) is 16.7. The number of anilines is 1. The molecule has 0 radical (unpaired) electrons. The number of nitrogens with zero attached hydrogens (tertiary/aromatic N) is 5. The van der Waals surface area contributed by atoms with Crippen LogP contribution in [0.1, 0.15) is 64.4 Å². The third kappa shape index (κ3) is 5.47. The number of likely N-dealkylation sites (tertiary alicyclic amines) is 1. The predicted octanol–water partition coefficient (Wildman–Crippen LogP) is 5.72. The van der Waals surface area contributed by atoms with Crippen LogP contribution in [0.5, 0.6) is 0 Å². The number of hydrogen-bond donors (Lipinski definition) is 1. The molecule has 3 heterocycles. The summed E-state index contributed by atoms with van der Waals surface area (Å²) in [6.07, 6.45) is 16.1. The summed E-state index contributed by atoms with van der Waals surface area (Å²) in [5.41, 5.74) is 3.53. The summed E-state index contributed by atoms with van der Waals surface area (Å²) in [5.74, 6) is 4.37. The normalized spacial score (nSPS) is 31.0. The number of aromatic nitrogens is 4. The highest BCUT2D eigenvalue weighted by Gasteiger charge is 2.43. The zero-order chi connectivity index (χ0) is 24.4. The van der Waals surface area contributed by atoms with Gasteiger partial charge in [0.25, 0.3) is 0 Å². The Morgan fingerprint density at radius 2 is 1.91 bits per heavy atom. The second-order valence-electron chi connectivity index (χ2n) is 11.9. The lowest BCUT2D eigenvalue weighted by molar-refractivity contribution is 0.130. The van der Waals surface area contributed by atoms with E-state index in [2.05, 4.69) is 58.4 Å². The van der Waals surface area contributed by atoms with Crippen molar-refractivity contribution < 1.29 is 0 Å². The van der Waals surface area contributed by atoms with E-state index < -0.39 is 0 Å². The summed E-state index contributed by atoms with van der Waals surface area (Å²) in [6, 6.07) is 4.09. The molecular formula is C29H44N6. The van der Waals surface area contributed by atoms with Gasteiger partial charge >= 0.3 is 0 Å². The van der Waals surface area contributed by atoms with E-state index in [1.165, 1.54) is 64.6 Å². The van der Waals surface area contributed by atoms with E-state index in [-0.39, 0.29) is 0 Å².